The summed E-state index contributed by atoms with van der Waals surface area (Å²) in [6.45, 7) is 5.67. The van der Waals surface area contributed by atoms with E-state index in [1.807, 2.05) is 12.1 Å². The fourth-order valence-electron chi connectivity index (χ4n) is 2.33. The molecule has 0 unspecified atom stereocenters. The molecular weight excluding hydrogens is 258 g/mol. The topological polar surface area (TPSA) is 98.2 Å². The number of β-amino-alcohol motifs (C(OH)–C–C–N with tert-alkyl or cyclic N) is 1. The minimum Gasteiger partial charge on any atom is -0.409 e. The number of aliphatic hydroxyl groups is 1. The lowest BCUT2D eigenvalue weighted by molar-refractivity contribution is 0.108. The summed E-state index contributed by atoms with van der Waals surface area (Å²) in [5.41, 5.74) is 7.13. The first-order valence-corrected chi connectivity index (χ1v) is 6.71. The van der Waals surface area contributed by atoms with Gasteiger partial charge in [-0.3, -0.25) is 14.8 Å². The maximum atomic E-state index is 8.92. The van der Waals surface area contributed by atoms with Crippen LogP contribution in [0.4, 0.5) is 0 Å². The van der Waals surface area contributed by atoms with Crippen LogP contribution in [0.3, 0.4) is 0 Å². The maximum Gasteiger partial charge on any atom is 0.188 e. The molecule has 110 valence electrons. The van der Waals surface area contributed by atoms with E-state index in [-0.39, 0.29) is 12.4 Å². The molecule has 1 aromatic rings. The lowest BCUT2D eigenvalue weighted by atomic mass is 10.2. The molecule has 0 aromatic carbocycles. The van der Waals surface area contributed by atoms with Crippen molar-refractivity contribution in [3.05, 3.63) is 29.6 Å². The van der Waals surface area contributed by atoms with Crippen LogP contribution in [0, 0.1) is 0 Å². The smallest absolute Gasteiger partial charge is 0.188 e. The standard InChI is InChI=1S/C13H21N5O2/c14-13(16-20)12-9-11(1-2-15-12)10-18-5-3-17(4-6-18)7-8-19/h1-2,9,19-20H,3-8,10H2,(H2,14,16). The van der Waals surface area contributed by atoms with Crippen molar-refractivity contribution in [2.24, 2.45) is 10.9 Å². The number of aliphatic hydroxyl groups excluding tert-OH is 1. The first kappa shape index (κ1) is 14.7. The Hall–Kier alpha value is -1.70. The third-order valence-electron chi connectivity index (χ3n) is 3.48. The Balaban J connectivity index is 1.91. The minimum atomic E-state index is 0.0274. The highest BCUT2D eigenvalue weighted by Crippen LogP contribution is 2.09. The van der Waals surface area contributed by atoms with E-state index in [1.54, 1.807) is 6.20 Å². The molecule has 0 radical (unpaired) electrons. The number of hydrogen-bond acceptors (Lipinski definition) is 6. The van der Waals surface area contributed by atoms with Crippen LogP contribution in [0.25, 0.3) is 0 Å². The van der Waals surface area contributed by atoms with Gasteiger partial charge in [0, 0.05) is 45.5 Å². The second-order valence-electron chi connectivity index (χ2n) is 4.88. The van der Waals surface area contributed by atoms with Gasteiger partial charge in [-0.15, -0.1) is 0 Å². The predicted octanol–water partition coefficient (Wildman–Crippen LogP) is -0.714. The molecule has 2 heterocycles. The normalized spacial score (nSPS) is 18.4. The van der Waals surface area contributed by atoms with Gasteiger partial charge in [-0.25, -0.2) is 0 Å². The van der Waals surface area contributed by atoms with Gasteiger partial charge in [-0.2, -0.15) is 0 Å². The molecule has 1 saturated heterocycles. The van der Waals surface area contributed by atoms with Gasteiger partial charge < -0.3 is 16.0 Å². The van der Waals surface area contributed by atoms with Crippen molar-refractivity contribution in [1.82, 2.24) is 14.8 Å². The minimum absolute atomic E-state index is 0.0274. The molecule has 2 rings (SSSR count). The summed E-state index contributed by atoms with van der Waals surface area (Å²) in [7, 11) is 0. The molecule has 7 nitrogen and oxygen atoms in total. The van der Waals surface area contributed by atoms with E-state index in [9.17, 15) is 0 Å². The fraction of sp³-hybridized carbons (Fsp3) is 0.538. The number of aromatic nitrogens is 1. The summed E-state index contributed by atoms with van der Waals surface area (Å²) in [6, 6.07) is 3.78. The average molecular weight is 279 g/mol. The van der Waals surface area contributed by atoms with Crippen molar-refractivity contribution >= 4 is 5.84 Å². The summed E-state index contributed by atoms with van der Waals surface area (Å²) in [5.74, 6) is 0.0274. The van der Waals surface area contributed by atoms with Gasteiger partial charge in [0.2, 0.25) is 0 Å². The largest absolute Gasteiger partial charge is 0.409 e. The van der Waals surface area contributed by atoms with Gasteiger partial charge in [0.05, 0.1) is 6.61 Å². The summed E-state index contributed by atoms with van der Waals surface area (Å²) in [4.78, 5) is 8.67. The first-order chi connectivity index (χ1) is 9.72. The molecule has 0 bridgehead atoms. The van der Waals surface area contributed by atoms with E-state index in [4.69, 9.17) is 16.0 Å². The molecule has 0 amide bonds. The number of piperazine rings is 1. The Morgan fingerprint density at radius 1 is 1.30 bits per heavy atom. The van der Waals surface area contributed by atoms with E-state index in [0.29, 0.717) is 5.69 Å². The Kier molecular flexibility index (Phi) is 5.28. The summed E-state index contributed by atoms with van der Waals surface area (Å²) < 4.78 is 0. The van der Waals surface area contributed by atoms with Crippen molar-refractivity contribution in [3.63, 3.8) is 0 Å². The summed E-state index contributed by atoms with van der Waals surface area (Å²) in [5, 5.41) is 20.6. The number of hydrogen-bond donors (Lipinski definition) is 3. The van der Waals surface area contributed by atoms with Gasteiger partial charge >= 0.3 is 0 Å². The Morgan fingerprint density at radius 3 is 2.65 bits per heavy atom. The number of nitrogens with two attached hydrogens (primary N) is 1. The molecule has 1 aliphatic rings. The van der Waals surface area contributed by atoms with Crippen molar-refractivity contribution < 1.29 is 10.3 Å². The highest BCUT2D eigenvalue weighted by Gasteiger charge is 2.16. The third kappa shape index (κ3) is 3.89. The molecule has 1 aromatic heterocycles. The Morgan fingerprint density at radius 2 is 2.00 bits per heavy atom. The van der Waals surface area contributed by atoms with Crippen molar-refractivity contribution in [2.75, 3.05) is 39.3 Å². The lowest BCUT2D eigenvalue weighted by Gasteiger charge is -2.34. The van der Waals surface area contributed by atoms with Crippen LogP contribution < -0.4 is 5.73 Å². The number of rotatable bonds is 5. The zero-order valence-electron chi connectivity index (χ0n) is 11.4. The zero-order chi connectivity index (χ0) is 14.4. The van der Waals surface area contributed by atoms with Gasteiger partial charge in [0.25, 0.3) is 0 Å². The second-order valence-corrected chi connectivity index (χ2v) is 4.88. The Bertz CT molecular complexity index is 458. The molecule has 7 heteroatoms. The van der Waals surface area contributed by atoms with Crippen molar-refractivity contribution in [2.45, 2.75) is 6.54 Å². The number of nitrogens with zero attached hydrogens (tertiary/aromatic N) is 4. The third-order valence-corrected chi connectivity index (χ3v) is 3.48. The molecule has 0 saturated carbocycles. The number of amidine groups is 1. The van der Waals surface area contributed by atoms with E-state index in [2.05, 4.69) is 19.9 Å². The van der Waals surface area contributed by atoms with E-state index in [1.165, 1.54) is 0 Å². The molecular formula is C13H21N5O2. The van der Waals surface area contributed by atoms with E-state index in [0.717, 1.165) is 44.8 Å². The van der Waals surface area contributed by atoms with Crippen LogP contribution in [-0.4, -0.2) is 70.3 Å². The monoisotopic (exact) mass is 279 g/mol. The summed E-state index contributed by atoms with van der Waals surface area (Å²) >= 11 is 0. The molecule has 0 aliphatic carbocycles. The lowest BCUT2D eigenvalue weighted by Crippen LogP contribution is -2.46. The van der Waals surface area contributed by atoms with Crippen LogP contribution in [0.2, 0.25) is 0 Å². The quantitative estimate of drug-likeness (QED) is 0.285. The molecule has 0 spiro atoms. The van der Waals surface area contributed by atoms with Gasteiger partial charge in [0.15, 0.2) is 5.84 Å². The van der Waals surface area contributed by atoms with Crippen LogP contribution in [0.15, 0.2) is 23.5 Å². The van der Waals surface area contributed by atoms with Crippen molar-refractivity contribution in [3.8, 4) is 0 Å². The zero-order valence-corrected chi connectivity index (χ0v) is 11.4. The molecule has 0 atom stereocenters. The van der Waals surface area contributed by atoms with Crippen LogP contribution in [-0.2, 0) is 6.54 Å². The number of pyridine rings is 1. The van der Waals surface area contributed by atoms with Gasteiger partial charge in [-0.05, 0) is 17.7 Å². The van der Waals surface area contributed by atoms with Gasteiger partial charge in [0.1, 0.15) is 5.69 Å². The highest BCUT2D eigenvalue weighted by atomic mass is 16.4. The molecule has 20 heavy (non-hydrogen) atoms. The number of oxime groups is 1. The Labute approximate surface area is 118 Å². The summed E-state index contributed by atoms with van der Waals surface area (Å²) in [6.07, 6.45) is 1.67. The van der Waals surface area contributed by atoms with Crippen molar-refractivity contribution in [1.29, 1.82) is 0 Å². The average Bonchev–Trinajstić information content (AvgIpc) is 2.49. The molecule has 1 fully saturated rings. The van der Waals surface area contributed by atoms with Crippen LogP contribution in [0.1, 0.15) is 11.3 Å². The van der Waals surface area contributed by atoms with Gasteiger partial charge in [-0.1, -0.05) is 5.16 Å². The van der Waals surface area contributed by atoms with Crippen LogP contribution >= 0.6 is 0 Å². The SMILES string of the molecule is NC(=NO)c1cc(CN2CCN(CCO)CC2)ccn1. The second kappa shape index (κ2) is 7.18. The van der Waals surface area contributed by atoms with Crippen LogP contribution in [0.5, 0.6) is 0 Å². The first-order valence-electron chi connectivity index (χ1n) is 6.71. The molecule has 1 aliphatic heterocycles. The van der Waals surface area contributed by atoms with E-state index >= 15 is 0 Å². The fourth-order valence-corrected chi connectivity index (χ4v) is 2.33. The highest BCUT2D eigenvalue weighted by molar-refractivity contribution is 5.95. The predicted molar refractivity (Wildman–Crippen MR) is 75.6 cm³/mol. The van der Waals surface area contributed by atoms with E-state index < -0.39 is 0 Å². The molecule has 4 N–H and O–H groups in total. The maximum absolute atomic E-state index is 8.92.